The van der Waals surface area contributed by atoms with Gasteiger partial charge in [0, 0.05) is 17.7 Å². The third kappa shape index (κ3) is 2.29. The number of carbonyl (C=O) groups excluding carboxylic acids is 1. The summed E-state index contributed by atoms with van der Waals surface area (Å²) in [6.45, 7) is 0.656. The summed E-state index contributed by atoms with van der Waals surface area (Å²) in [6.07, 6.45) is 0.813. The second-order valence-electron chi connectivity index (χ2n) is 4.81. The molecule has 1 amide bonds. The van der Waals surface area contributed by atoms with Crippen LogP contribution in [0.1, 0.15) is 32.4 Å². The maximum absolute atomic E-state index is 13.8. The third-order valence-corrected chi connectivity index (χ3v) is 4.02. The number of carbonyl (C=O) groups is 1. The van der Waals surface area contributed by atoms with Gasteiger partial charge in [-0.15, -0.1) is 11.6 Å². The fraction of sp³-hybridized carbons (Fsp3) is 0.188. The lowest BCUT2D eigenvalue weighted by molar-refractivity contribution is 0.0946. The van der Waals surface area contributed by atoms with Crippen LogP contribution in [0.25, 0.3) is 0 Å². The Morgan fingerprint density at radius 1 is 1.20 bits per heavy atom. The van der Waals surface area contributed by atoms with Crippen molar-refractivity contribution in [3.05, 3.63) is 70.5 Å². The molecule has 1 unspecified atom stereocenters. The van der Waals surface area contributed by atoms with Gasteiger partial charge in [0.15, 0.2) is 0 Å². The van der Waals surface area contributed by atoms with Gasteiger partial charge in [-0.2, -0.15) is 0 Å². The first kappa shape index (κ1) is 13.1. The predicted octanol–water partition coefficient (Wildman–Crippen LogP) is 3.44. The smallest absolute Gasteiger partial charge is 0.251 e. The van der Waals surface area contributed by atoms with E-state index in [4.69, 9.17) is 11.6 Å². The predicted molar refractivity (Wildman–Crippen MR) is 76.6 cm³/mol. The van der Waals surface area contributed by atoms with Gasteiger partial charge >= 0.3 is 0 Å². The Morgan fingerprint density at radius 2 is 2.00 bits per heavy atom. The molecule has 1 N–H and O–H groups in total. The maximum atomic E-state index is 13.8. The van der Waals surface area contributed by atoms with Crippen LogP contribution < -0.4 is 5.32 Å². The molecule has 1 aliphatic rings. The molecule has 0 radical (unpaired) electrons. The summed E-state index contributed by atoms with van der Waals surface area (Å²) in [5.74, 6) is -0.430. The van der Waals surface area contributed by atoms with Crippen molar-refractivity contribution < 1.29 is 9.18 Å². The molecule has 0 saturated heterocycles. The number of rotatable bonds is 2. The average Bonchev–Trinajstić information content (AvgIpc) is 2.47. The van der Waals surface area contributed by atoms with Crippen molar-refractivity contribution >= 4 is 17.5 Å². The van der Waals surface area contributed by atoms with Gasteiger partial charge in [-0.25, -0.2) is 4.39 Å². The molecule has 1 atom stereocenters. The molecule has 0 saturated carbocycles. The van der Waals surface area contributed by atoms with Crippen molar-refractivity contribution in [1.82, 2.24) is 5.32 Å². The number of fused-ring (bicyclic) bond motifs is 1. The highest BCUT2D eigenvalue weighted by Crippen LogP contribution is 2.32. The number of hydrogen-bond donors (Lipinski definition) is 1. The van der Waals surface area contributed by atoms with Gasteiger partial charge in [0.05, 0.1) is 5.38 Å². The standard InChI is InChI=1S/C16H13ClFNO/c17-15(12-3-1-2-4-14(12)18)11-6-5-10-7-8-19-16(20)13(10)9-11/h1-6,9,15H,7-8H2,(H,19,20). The SMILES string of the molecule is O=C1NCCc2ccc(C(Cl)c3ccccc3F)cc21. The zero-order valence-corrected chi connectivity index (χ0v) is 11.5. The highest BCUT2D eigenvalue weighted by molar-refractivity contribution is 6.22. The molecule has 102 valence electrons. The first-order valence-corrected chi connectivity index (χ1v) is 6.90. The van der Waals surface area contributed by atoms with E-state index in [9.17, 15) is 9.18 Å². The van der Waals surface area contributed by atoms with E-state index in [1.165, 1.54) is 6.07 Å². The van der Waals surface area contributed by atoms with Gasteiger partial charge in [0.2, 0.25) is 0 Å². The monoisotopic (exact) mass is 289 g/mol. The molecular formula is C16H13ClFNO. The van der Waals surface area contributed by atoms with Crippen LogP contribution in [-0.4, -0.2) is 12.5 Å². The van der Waals surface area contributed by atoms with E-state index in [0.717, 1.165) is 17.5 Å². The lowest BCUT2D eigenvalue weighted by Crippen LogP contribution is -2.31. The summed E-state index contributed by atoms with van der Waals surface area (Å²) in [7, 11) is 0. The molecule has 2 nitrogen and oxygen atoms in total. The van der Waals surface area contributed by atoms with E-state index >= 15 is 0 Å². The normalized spacial score (nSPS) is 15.4. The van der Waals surface area contributed by atoms with Crippen LogP contribution >= 0.6 is 11.6 Å². The number of halogens is 2. The summed E-state index contributed by atoms with van der Waals surface area (Å²) in [5, 5.41) is 2.20. The number of amides is 1. The van der Waals surface area contributed by atoms with Crippen molar-refractivity contribution in [2.75, 3.05) is 6.54 Å². The topological polar surface area (TPSA) is 29.1 Å². The Morgan fingerprint density at radius 3 is 2.80 bits per heavy atom. The number of benzene rings is 2. The fourth-order valence-corrected chi connectivity index (χ4v) is 2.76. The van der Waals surface area contributed by atoms with E-state index in [2.05, 4.69) is 5.32 Å². The molecule has 1 heterocycles. The van der Waals surface area contributed by atoms with Crippen molar-refractivity contribution in [2.24, 2.45) is 0 Å². The molecule has 2 aromatic carbocycles. The molecule has 4 heteroatoms. The molecule has 20 heavy (non-hydrogen) atoms. The summed E-state index contributed by atoms with van der Waals surface area (Å²) >= 11 is 6.36. The first-order chi connectivity index (χ1) is 9.66. The Balaban J connectivity index is 2.01. The zero-order chi connectivity index (χ0) is 14.1. The first-order valence-electron chi connectivity index (χ1n) is 6.46. The molecule has 0 fully saturated rings. The van der Waals surface area contributed by atoms with Crippen LogP contribution in [0.15, 0.2) is 42.5 Å². The van der Waals surface area contributed by atoms with Crippen LogP contribution in [-0.2, 0) is 6.42 Å². The van der Waals surface area contributed by atoms with Crippen molar-refractivity contribution in [3.8, 4) is 0 Å². The van der Waals surface area contributed by atoms with Crippen LogP contribution in [0.2, 0.25) is 0 Å². The van der Waals surface area contributed by atoms with Gasteiger partial charge in [0.1, 0.15) is 5.82 Å². The fourth-order valence-electron chi connectivity index (χ4n) is 2.45. The summed E-state index contributed by atoms with van der Waals surface area (Å²) in [6, 6.07) is 11.9. The Hall–Kier alpha value is -1.87. The Bertz CT molecular complexity index is 671. The van der Waals surface area contributed by atoms with E-state index < -0.39 is 5.38 Å². The minimum absolute atomic E-state index is 0.0921. The van der Waals surface area contributed by atoms with E-state index in [1.807, 2.05) is 12.1 Å². The Kier molecular flexibility index (Phi) is 3.45. The summed E-state index contributed by atoms with van der Waals surface area (Å²) in [4.78, 5) is 11.8. The van der Waals surface area contributed by atoms with Gasteiger partial charge < -0.3 is 5.32 Å². The zero-order valence-electron chi connectivity index (χ0n) is 10.7. The lowest BCUT2D eigenvalue weighted by atomic mass is 9.95. The van der Waals surface area contributed by atoms with Crippen LogP contribution in [0.5, 0.6) is 0 Å². The average molecular weight is 290 g/mol. The van der Waals surface area contributed by atoms with Gasteiger partial charge in [-0.05, 0) is 29.7 Å². The number of nitrogens with one attached hydrogen (secondary N) is 1. The van der Waals surface area contributed by atoms with E-state index in [1.54, 1.807) is 24.3 Å². The second kappa shape index (κ2) is 5.25. The number of hydrogen-bond acceptors (Lipinski definition) is 1. The van der Waals surface area contributed by atoms with Crippen LogP contribution in [0, 0.1) is 5.82 Å². The summed E-state index contributed by atoms with van der Waals surface area (Å²) < 4.78 is 13.8. The molecule has 0 bridgehead atoms. The van der Waals surface area contributed by atoms with Gasteiger partial charge in [0.25, 0.3) is 5.91 Å². The van der Waals surface area contributed by atoms with E-state index in [-0.39, 0.29) is 11.7 Å². The van der Waals surface area contributed by atoms with Crippen molar-refractivity contribution in [2.45, 2.75) is 11.8 Å². The Labute approximate surface area is 121 Å². The molecule has 1 aliphatic heterocycles. The molecule has 0 aliphatic carbocycles. The van der Waals surface area contributed by atoms with Crippen molar-refractivity contribution in [1.29, 1.82) is 0 Å². The minimum atomic E-state index is -0.601. The maximum Gasteiger partial charge on any atom is 0.251 e. The highest BCUT2D eigenvalue weighted by Gasteiger charge is 2.20. The second-order valence-corrected chi connectivity index (χ2v) is 5.24. The quantitative estimate of drug-likeness (QED) is 0.843. The van der Waals surface area contributed by atoms with Crippen LogP contribution in [0.4, 0.5) is 4.39 Å². The molecule has 0 spiro atoms. The van der Waals surface area contributed by atoms with Crippen LogP contribution in [0.3, 0.4) is 0 Å². The largest absolute Gasteiger partial charge is 0.352 e. The van der Waals surface area contributed by atoms with Gasteiger partial charge in [-0.3, -0.25) is 4.79 Å². The molecule has 3 rings (SSSR count). The third-order valence-electron chi connectivity index (χ3n) is 3.53. The van der Waals surface area contributed by atoms with Crippen molar-refractivity contribution in [3.63, 3.8) is 0 Å². The molecular weight excluding hydrogens is 277 g/mol. The summed E-state index contributed by atoms with van der Waals surface area (Å²) in [5.41, 5.74) is 2.79. The molecule has 2 aromatic rings. The van der Waals surface area contributed by atoms with Gasteiger partial charge in [-0.1, -0.05) is 30.3 Å². The minimum Gasteiger partial charge on any atom is -0.352 e. The molecule has 0 aromatic heterocycles. The highest BCUT2D eigenvalue weighted by atomic mass is 35.5. The lowest BCUT2D eigenvalue weighted by Gasteiger charge is -2.19. The number of alkyl halides is 1. The van der Waals surface area contributed by atoms with E-state index in [0.29, 0.717) is 17.7 Å².